The van der Waals surface area contributed by atoms with E-state index >= 15 is 0 Å². The average molecular weight is 532 g/mol. The van der Waals surface area contributed by atoms with Crippen LogP contribution in [0.1, 0.15) is 52.4 Å². The second-order valence-corrected chi connectivity index (χ2v) is 9.75. The van der Waals surface area contributed by atoms with E-state index in [0.717, 1.165) is 49.2 Å². The molecule has 1 saturated heterocycles. The number of halogens is 1. The number of ether oxygens (including phenoxy) is 3. The monoisotopic (exact) mass is 531 g/mol. The molecule has 0 spiro atoms. The fourth-order valence-corrected chi connectivity index (χ4v) is 4.72. The topological polar surface area (TPSA) is 97.9 Å². The number of aryl methyl sites for hydroxylation is 1. The fourth-order valence-electron chi connectivity index (χ4n) is 4.52. The molecule has 3 rings (SSSR count). The van der Waals surface area contributed by atoms with Crippen LogP contribution in [0.15, 0.2) is 42.5 Å². The highest BCUT2D eigenvalue weighted by molar-refractivity contribution is 6.30. The second kappa shape index (κ2) is 14.9. The lowest BCUT2D eigenvalue weighted by molar-refractivity contribution is 0.0478. The van der Waals surface area contributed by atoms with Gasteiger partial charge in [-0.3, -0.25) is 4.79 Å². The van der Waals surface area contributed by atoms with Gasteiger partial charge in [0.2, 0.25) is 0 Å². The van der Waals surface area contributed by atoms with Crippen molar-refractivity contribution < 1.29 is 23.8 Å². The van der Waals surface area contributed by atoms with Gasteiger partial charge in [0.05, 0.1) is 13.7 Å². The van der Waals surface area contributed by atoms with Crippen molar-refractivity contribution in [1.82, 2.24) is 16.0 Å². The summed E-state index contributed by atoms with van der Waals surface area (Å²) >= 11 is 6.27. The summed E-state index contributed by atoms with van der Waals surface area (Å²) < 4.78 is 16.4. The summed E-state index contributed by atoms with van der Waals surface area (Å²) in [6.07, 6.45) is 2.22. The van der Waals surface area contributed by atoms with Crippen molar-refractivity contribution in [3.63, 3.8) is 0 Å². The van der Waals surface area contributed by atoms with Gasteiger partial charge in [-0.05, 0) is 80.1 Å². The first-order valence-electron chi connectivity index (χ1n) is 12.7. The maximum Gasteiger partial charge on any atom is 0.406 e. The molecule has 1 heterocycles. The normalized spacial score (nSPS) is 17.0. The zero-order valence-electron chi connectivity index (χ0n) is 21.8. The van der Waals surface area contributed by atoms with Gasteiger partial charge in [-0.15, -0.1) is 0 Å². The highest BCUT2D eigenvalue weighted by atomic mass is 35.5. The minimum atomic E-state index is -0.520. The molecule has 202 valence electrons. The Bertz CT molecular complexity index is 1030. The molecule has 3 unspecified atom stereocenters. The van der Waals surface area contributed by atoms with Crippen LogP contribution in [0.3, 0.4) is 0 Å². The quantitative estimate of drug-likeness (QED) is 0.354. The van der Waals surface area contributed by atoms with Gasteiger partial charge in [0.25, 0.3) is 5.91 Å². The Labute approximate surface area is 224 Å². The van der Waals surface area contributed by atoms with E-state index in [9.17, 15) is 9.59 Å². The molecule has 9 heteroatoms. The zero-order valence-corrected chi connectivity index (χ0v) is 22.6. The summed E-state index contributed by atoms with van der Waals surface area (Å²) in [6, 6.07) is 13.2. The van der Waals surface area contributed by atoms with Crippen molar-refractivity contribution in [3.05, 3.63) is 69.7 Å². The van der Waals surface area contributed by atoms with E-state index in [4.69, 9.17) is 21.1 Å². The predicted octanol–water partition coefficient (Wildman–Crippen LogP) is 4.24. The van der Waals surface area contributed by atoms with Crippen LogP contribution in [-0.4, -0.2) is 65.1 Å². The Balaban J connectivity index is 1.72. The lowest BCUT2D eigenvalue weighted by Gasteiger charge is -2.26. The summed E-state index contributed by atoms with van der Waals surface area (Å²) in [5, 5.41) is 9.61. The molecule has 0 aromatic heterocycles. The number of hydrogen-bond donors (Lipinski definition) is 3. The summed E-state index contributed by atoms with van der Waals surface area (Å²) in [7, 11) is 3.24. The van der Waals surface area contributed by atoms with Crippen molar-refractivity contribution >= 4 is 23.6 Å². The number of benzene rings is 2. The van der Waals surface area contributed by atoms with Crippen molar-refractivity contribution in [2.24, 2.45) is 5.92 Å². The lowest BCUT2D eigenvalue weighted by atomic mass is 9.94. The smallest absolute Gasteiger partial charge is 0.406 e. The largest absolute Gasteiger partial charge is 0.453 e. The molecule has 8 nitrogen and oxygen atoms in total. The number of rotatable bonds is 12. The number of hydrogen-bond acceptors (Lipinski definition) is 6. The van der Waals surface area contributed by atoms with Crippen molar-refractivity contribution in [2.75, 3.05) is 47.1 Å². The van der Waals surface area contributed by atoms with Crippen LogP contribution in [0, 0.1) is 12.8 Å². The fraction of sp³-hybridized carbons (Fsp3) is 0.500. The first-order valence-corrected chi connectivity index (χ1v) is 13.1. The van der Waals surface area contributed by atoms with Gasteiger partial charge < -0.3 is 30.2 Å². The van der Waals surface area contributed by atoms with Gasteiger partial charge in [-0.25, -0.2) is 4.79 Å². The molecule has 0 saturated carbocycles. The van der Waals surface area contributed by atoms with Gasteiger partial charge in [0.1, 0.15) is 6.10 Å². The van der Waals surface area contributed by atoms with Crippen LogP contribution < -0.4 is 16.0 Å². The van der Waals surface area contributed by atoms with E-state index in [1.807, 2.05) is 50.4 Å². The van der Waals surface area contributed by atoms with E-state index in [0.29, 0.717) is 23.0 Å². The van der Waals surface area contributed by atoms with E-state index in [1.54, 1.807) is 6.07 Å². The molecule has 37 heavy (non-hydrogen) atoms. The maximum atomic E-state index is 13.1. The number of amides is 2. The molecule has 2 aromatic carbocycles. The Kier molecular flexibility index (Phi) is 11.7. The van der Waals surface area contributed by atoms with Crippen LogP contribution >= 0.6 is 11.6 Å². The molecule has 0 radical (unpaired) electrons. The Morgan fingerprint density at radius 1 is 1.19 bits per heavy atom. The molecule has 3 atom stereocenters. The lowest BCUT2D eigenvalue weighted by Crippen LogP contribution is -2.41. The highest BCUT2D eigenvalue weighted by Gasteiger charge is 2.22. The second-order valence-electron chi connectivity index (χ2n) is 9.31. The zero-order chi connectivity index (χ0) is 26.6. The number of alkyl carbamates (subject to hydrolysis) is 1. The third kappa shape index (κ3) is 9.00. The van der Waals surface area contributed by atoms with Gasteiger partial charge in [0, 0.05) is 42.9 Å². The summed E-state index contributed by atoms with van der Waals surface area (Å²) in [4.78, 5) is 24.5. The van der Waals surface area contributed by atoms with Crippen LogP contribution in [0.25, 0.3) is 0 Å². The molecule has 1 aliphatic rings. The van der Waals surface area contributed by atoms with E-state index in [2.05, 4.69) is 20.7 Å². The SMILES string of the molecule is CNC(CNC(=O)c1ccc(C)c(C(OCCNC(=O)OC)c2cccc(Cl)c2)c1)CC1CCCOC1. The third-order valence-electron chi connectivity index (χ3n) is 6.61. The summed E-state index contributed by atoms with van der Waals surface area (Å²) in [5.41, 5.74) is 3.25. The molecule has 0 aliphatic carbocycles. The summed E-state index contributed by atoms with van der Waals surface area (Å²) in [5.74, 6) is 0.372. The van der Waals surface area contributed by atoms with Crippen molar-refractivity contribution in [3.8, 4) is 0 Å². The molecular formula is C28H38ClN3O5. The standard InChI is InChI=1S/C28H38ClN3O5/c1-19-9-10-22(27(33)32-17-24(30-2)14-20-6-5-12-36-18-20)16-25(19)26(21-7-4-8-23(29)15-21)37-13-11-31-28(34)35-3/h4,7-10,15-16,20,24,26,30H,5-6,11-14,17-18H2,1-3H3,(H,31,34)(H,32,33). The van der Waals surface area contributed by atoms with Gasteiger partial charge in [0.15, 0.2) is 0 Å². The number of carbonyl (C=O) groups excluding carboxylic acids is 2. The van der Waals surface area contributed by atoms with E-state index < -0.39 is 12.2 Å². The first-order chi connectivity index (χ1) is 17.9. The molecule has 2 aromatic rings. The average Bonchev–Trinajstić information content (AvgIpc) is 2.91. The number of carbonyl (C=O) groups is 2. The molecular weight excluding hydrogens is 494 g/mol. The maximum absolute atomic E-state index is 13.1. The minimum absolute atomic E-state index is 0.140. The molecule has 0 bridgehead atoms. The Morgan fingerprint density at radius 2 is 2.03 bits per heavy atom. The highest BCUT2D eigenvalue weighted by Crippen LogP contribution is 2.31. The predicted molar refractivity (Wildman–Crippen MR) is 144 cm³/mol. The van der Waals surface area contributed by atoms with E-state index in [-0.39, 0.29) is 25.1 Å². The van der Waals surface area contributed by atoms with Gasteiger partial charge >= 0.3 is 6.09 Å². The Hall–Kier alpha value is -2.65. The molecule has 2 amide bonds. The number of nitrogens with one attached hydrogen (secondary N) is 3. The van der Waals surface area contributed by atoms with E-state index in [1.165, 1.54) is 7.11 Å². The van der Waals surface area contributed by atoms with Crippen LogP contribution in [0.4, 0.5) is 4.79 Å². The van der Waals surface area contributed by atoms with Crippen LogP contribution in [-0.2, 0) is 14.2 Å². The number of methoxy groups -OCH3 is 1. The van der Waals surface area contributed by atoms with Crippen LogP contribution in [0.2, 0.25) is 5.02 Å². The number of likely N-dealkylation sites (N-methyl/N-ethyl adjacent to an activating group) is 1. The molecule has 1 aliphatic heterocycles. The Morgan fingerprint density at radius 3 is 2.73 bits per heavy atom. The van der Waals surface area contributed by atoms with Crippen LogP contribution in [0.5, 0.6) is 0 Å². The van der Waals surface area contributed by atoms with Crippen molar-refractivity contribution in [2.45, 2.75) is 38.3 Å². The first kappa shape index (κ1) is 28.9. The van der Waals surface area contributed by atoms with Gasteiger partial charge in [-0.2, -0.15) is 0 Å². The third-order valence-corrected chi connectivity index (χ3v) is 6.84. The minimum Gasteiger partial charge on any atom is -0.453 e. The van der Waals surface area contributed by atoms with Crippen molar-refractivity contribution in [1.29, 1.82) is 0 Å². The van der Waals surface area contributed by atoms with Gasteiger partial charge in [-0.1, -0.05) is 29.8 Å². The molecule has 1 fully saturated rings. The molecule has 3 N–H and O–H groups in total. The summed E-state index contributed by atoms with van der Waals surface area (Å²) in [6.45, 7) is 4.66.